The highest BCUT2D eigenvalue weighted by Gasteiger charge is 2.21. The Balaban J connectivity index is 1.21. The molecule has 0 aliphatic carbocycles. The van der Waals surface area contributed by atoms with Gasteiger partial charge >= 0.3 is 0 Å². The number of rotatable bonds is 9. The van der Waals surface area contributed by atoms with Crippen LogP contribution < -0.4 is 15.0 Å². The molecule has 0 spiro atoms. The van der Waals surface area contributed by atoms with Crippen molar-refractivity contribution in [2.24, 2.45) is 0 Å². The van der Waals surface area contributed by atoms with Crippen LogP contribution >= 0.6 is 11.5 Å². The number of piperidine rings is 1. The van der Waals surface area contributed by atoms with E-state index in [4.69, 9.17) is 4.74 Å². The van der Waals surface area contributed by atoms with Gasteiger partial charge < -0.3 is 15.0 Å². The lowest BCUT2D eigenvalue weighted by atomic mass is 10.0. The van der Waals surface area contributed by atoms with Gasteiger partial charge in [0.15, 0.2) is 0 Å². The van der Waals surface area contributed by atoms with Gasteiger partial charge in [-0.3, -0.25) is 9.69 Å². The predicted molar refractivity (Wildman–Crippen MR) is 132 cm³/mol. The van der Waals surface area contributed by atoms with E-state index in [2.05, 4.69) is 43.8 Å². The molecule has 33 heavy (non-hydrogen) atoms. The first-order valence-electron chi connectivity index (χ1n) is 11.3. The van der Waals surface area contributed by atoms with Crippen molar-refractivity contribution in [1.82, 2.24) is 19.6 Å². The molecule has 2 heterocycles. The number of carbonyl (C=O) groups is 1. The SMILES string of the molecule is COc1cccc(Cc2nsc(N(C)CC(=O)NC3CCN(Cc4ccccc4)CC3)n2)c1. The molecule has 3 aromatic rings. The van der Waals surface area contributed by atoms with Crippen LogP contribution in [0.25, 0.3) is 0 Å². The van der Waals surface area contributed by atoms with Gasteiger partial charge in [0.2, 0.25) is 11.0 Å². The predicted octanol–water partition coefficient (Wildman–Crippen LogP) is 3.35. The van der Waals surface area contributed by atoms with Gasteiger partial charge in [0.05, 0.1) is 13.7 Å². The van der Waals surface area contributed by atoms with Crippen molar-refractivity contribution in [2.75, 3.05) is 38.7 Å². The minimum atomic E-state index is 0.0311. The number of methoxy groups -OCH3 is 1. The third kappa shape index (κ3) is 6.76. The number of likely N-dealkylation sites (tertiary alicyclic amines) is 1. The molecule has 8 heteroatoms. The fourth-order valence-corrected chi connectivity index (χ4v) is 4.71. The monoisotopic (exact) mass is 465 g/mol. The van der Waals surface area contributed by atoms with Crippen molar-refractivity contribution in [3.8, 4) is 5.75 Å². The number of likely N-dealkylation sites (N-methyl/N-ethyl adjacent to an activating group) is 1. The number of nitrogens with one attached hydrogen (secondary N) is 1. The maximum atomic E-state index is 12.6. The van der Waals surface area contributed by atoms with E-state index < -0.39 is 0 Å². The summed E-state index contributed by atoms with van der Waals surface area (Å²) in [5.41, 5.74) is 2.43. The molecule has 7 nitrogen and oxygen atoms in total. The quantitative estimate of drug-likeness (QED) is 0.523. The zero-order valence-electron chi connectivity index (χ0n) is 19.2. The molecule has 1 N–H and O–H groups in total. The average Bonchev–Trinajstić information content (AvgIpc) is 3.30. The fraction of sp³-hybridized carbons (Fsp3) is 0.400. The molecule has 0 unspecified atom stereocenters. The Morgan fingerprint density at radius 1 is 1.15 bits per heavy atom. The van der Waals surface area contributed by atoms with Gasteiger partial charge in [-0.1, -0.05) is 42.5 Å². The van der Waals surface area contributed by atoms with Crippen molar-refractivity contribution >= 4 is 22.6 Å². The smallest absolute Gasteiger partial charge is 0.239 e. The Kier molecular flexibility index (Phi) is 7.91. The first-order chi connectivity index (χ1) is 16.1. The summed E-state index contributed by atoms with van der Waals surface area (Å²) < 4.78 is 9.75. The fourth-order valence-electron chi connectivity index (χ4n) is 4.07. The number of ether oxygens (including phenoxy) is 1. The lowest BCUT2D eigenvalue weighted by Gasteiger charge is -2.32. The molecule has 1 saturated heterocycles. The Bertz CT molecular complexity index is 1030. The molecule has 0 bridgehead atoms. The number of anilines is 1. The van der Waals surface area contributed by atoms with Crippen molar-refractivity contribution < 1.29 is 9.53 Å². The summed E-state index contributed by atoms with van der Waals surface area (Å²) in [4.78, 5) is 21.5. The van der Waals surface area contributed by atoms with E-state index in [9.17, 15) is 4.79 Å². The molecule has 174 valence electrons. The Hall–Kier alpha value is -2.97. The third-order valence-electron chi connectivity index (χ3n) is 5.86. The van der Waals surface area contributed by atoms with E-state index in [1.165, 1.54) is 17.1 Å². The van der Waals surface area contributed by atoms with E-state index in [1.807, 2.05) is 42.3 Å². The molecule has 0 atom stereocenters. The summed E-state index contributed by atoms with van der Waals surface area (Å²) in [6.45, 7) is 3.25. The molecule has 1 aromatic heterocycles. The first-order valence-corrected chi connectivity index (χ1v) is 12.1. The summed E-state index contributed by atoms with van der Waals surface area (Å²) in [6.07, 6.45) is 2.59. The summed E-state index contributed by atoms with van der Waals surface area (Å²) in [5, 5.41) is 3.95. The van der Waals surface area contributed by atoms with Crippen LogP contribution in [-0.2, 0) is 17.8 Å². The zero-order valence-corrected chi connectivity index (χ0v) is 20.1. The van der Waals surface area contributed by atoms with Gasteiger partial charge in [-0.25, -0.2) is 4.98 Å². The number of aromatic nitrogens is 2. The molecule has 1 amide bonds. The second kappa shape index (κ2) is 11.2. The molecule has 1 aliphatic heterocycles. The highest BCUT2D eigenvalue weighted by atomic mass is 32.1. The van der Waals surface area contributed by atoms with E-state index in [1.54, 1.807) is 7.11 Å². The van der Waals surface area contributed by atoms with E-state index >= 15 is 0 Å². The van der Waals surface area contributed by atoms with Crippen LogP contribution in [0.2, 0.25) is 0 Å². The molecule has 4 rings (SSSR count). The maximum Gasteiger partial charge on any atom is 0.239 e. The standard InChI is InChI=1S/C25H31N5O2S/c1-29(25-27-23(28-33-25)16-20-9-6-10-22(15-20)32-2)18-24(31)26-21-11-13-30(14-12-21)17-19-7-4-3-5-8-19/h3-10,15,21H,11-14,16-18H2,1-2H3,(H,26,31). The van der Waals surface area contributed by atoms with E-state index in [0.717, 1.165) is 54.7 Å². The number of hydrogen-bond acceptors (Lipinski definition) is 7. The van der Waals surface area contributed by atoms with Crippen LogP contribution in [0.1, 0.15) is 29.8 Å². The van der Waals surface area contributed by atoms with Crippen LogP contribution in [0.4, 0.5) is 5.13 Å². The first kappa shape index (κ1) is 23.2. The topological polar surface area (TPSA) is 70.6 Å². The van der Waals surface area contributed by atoms with Gasteiger partial charge in [0.25, 0.3) is 0 Å². The molecular formula is C25H31N5O2S. The van der Waals surface area contributed by atoms with Crippen LogP contribution in [0, 0.1) is 0 Å². The van der Waals surface area contributed by atoms with E-state index in [0.29, 0.717) is 6.42 Å². The highest BCUT2D eigenvalue weighted by molar-refractivity contribution is 7.09. The molecule has 0 saturated carbocycles. The second-order valence-corrected chi connectivity index (χ2v) is 9.21. The molecule has 2 aromatic carbocycles. The van der Waals surface area contributed by atoms with E-state index in [-0.39, 0.29) is 18.5 Å². The van der Waals surface area contributed by atoms with Crippen molar-refractivity contribution in [1.29, 1.82) is 0 Å². The number of hydrogen-bond donors (Lipinski definition) is 1. The van der Waals surface area contributed by atoms with Gasteiger partial charge in [-0.05, 0) is 36.1 Å². The lowest BCUT2D eigenvalue weighted by Crippen LogP contribution is -2.46. The maximum absolute atomic E-state index is 12.6. The molecule has 0 radical (unpaired) electrons. The van der Waals surface area contributed by atoms with Gasteiger partial charge in [-0.15, -0.1) is 0 Å². The van der Waals surface area contributed by atoms with Crippen molar-refractivity contribution in [2.45, 2.75) is 31.8 Å². The molecular weight excluding hydrogens is 434 g/mol. The normalized spacial score (nSPS) is 14.7. The number of amides is 1. The highest BCUT2D eigenvalue weighted by Crippen LogP contribution is 2.20. The number of carbonyl (C=O) groups excluding carboxylic acids is 1. The lowest BCUT2D eigenvalue weighted by molar-refractivity contribution is -0.120. The second-order valence-electron chi connectivity index (χ2n) is 8.48. The van der Waals surface area contributed by atoms with Gasteiger partial charge in [0.1, 0.15) is 11.6 Å². The summed E-state index contributed by atoms with van der Waals surface area (Å²) in [6, 6.07) is 18.7. The van der Waals surface area contributed by atoms with Crippen LogP contribution in [0.15, 0.2) is 54.6 Å². The van der Waals surface area contributed by atoms with Crippen LogP contribution in [-0.4, -0.2) is 60.0 Å². The molecule has 1 fully saturated rings. The third-order valence-corrected chi connectivity index (χ3v) is 6.73. The minimum Gasteiger partial charge on any atom is -0.497 e. The van der Waals surface area contributed by atoms with Crippen LogP contribution in [0.5, 0.6) is 5.75 Å². The van der Waals surface area contributed by atoms with Gasteiger partial charge in [0, 0.05) is 50.7 Å². The minimum absolute atomic E-state index is 0.0311. The Morgan fingerprint density at radius 3 is 2.67 bits per heavy atom. The zero-order chi connectivity index (χ0) is 23.0. The number of benzene rings is 2. The summed E-state index contributed by atoms with van der Waals surface area (Å²) in [7, 11) is 3.55. The Labute approximate surface area is 199 Å². The van der Waals surface area contributed by atoms with Crippen LogP contribution in [0.3, 0.4) is 0 Å². The summed E-state index contributed by atoms with van der Waals surface area (Å²) >= 11 is 1.32. The number of nitrogens with zero attached hydrogens (tertiary/aromatic N) is 4. The summed E-state index contributed by atoms with van der Waals surface area (Å²) in [5.74, 6) is 1.60. The average molecular weight is 466 g/mol. The van der Waals surface area contributed by atoms with Gasteiger partial charge in [-0.2, -0.15) is 4.37 Å². The largest absolute Gasteiger partial charge is 0.497 e. The Morgan fingerprint density at radius 2 is 1.91 bits per heavy atom. The van der Waals surface area contributed by atoms with Crippen molar-refractivity contribution in [3.05, 3.63) is 71.5 Å². The molecule has 1 aliphatic rings. The van der Waals surface area contributed by atoms with Crippen molar-refractivity contribution in [3.63, 3.8) is 0 Å².